The highest BCUT2D eigenvalue weighted by Crippen LogP contribution is 2.11. The van der Waals surface area contributed by atoms with E-state index in [2.05, 4.69) is 15.7 Å². The van der Waals surface area contributed by atoms with E-state index in [-0.39, 0.29) is 11.8 Å². The van der Waals surface area contributed by atoms with E-state index in [1.807, 2.05) is 36.7 Å². The Morgan fingerprint density at radius 2 is 2.04 bits per heavy atom. The second kappa shape index (κ2) is 7.51. The van der Waals surface area contributed by atoms with E-state index in [0.29, 0.717) is 25.1 Å². The highest BCUT2D eigenvalue weighted by molar-refractivity contribution is 5.97. The molecular formula is C19H24N4O2. The molecule has 1 fully saturated rings. The number of hydrogen-bond acceptors (Lipinski definition) is 3. The Bertz CT molecular complexity index is 764. The maximum atomic E-state index is 12.4. The summed E-state index contributed by atoms with van der Waals surface area (Å²) in [6.07, 6.45) is 2.58. The molecule has 0 radical (unpaired) electrons. The van der Waals surface area contributed by atoms with Gasteiger partial charge in [-0.15, -0.1) is 0 Å². The average Bonchev–Trinajstić information content (AvgIpc) is 2.77. The van der Waals surface area contributed by atoms with Crippen molar-refractivity contribution < 1.29 is 9.59 Å². The second-order valence-electron chi connectivity index (χ2n) is 6.59. The van der Waals surface area contributed by atoms with Crippen LogP contribution in [-0.2, 0) is 11.3 Å². The summed E-state index contributed by atoms with van der Waals surface area (Å²) in [6, 6.07) is 9.05. The van der Waals surface area contributed by atoms with Crippen molar-refractivity contribution in [3.63, 3.8) is 0 Å². The number of hydrogen-bond donors (Lipinski definition) is 2. The Hall–Kier alpha value is -2.63. The molecule has 132 valence electrons. The Balaban J connectivity index is 1.64. The quantitative estimate of drug-likeness (QED) is 0.893. The summed E-state index contributed by atoms with van der Waals surface area (Å²) >= 11 is 0. The smallest absolute Gasteiger partial charge is 0.251 e. The maximum absolute atomic E-state index is 12.4. The molecule has 3 rings (SSSR count). The van der Waals surface area contributed by atoms with Crippen molar-refractivity contribution >= 4 is 11.8 Å². The largest absolute Gasteiger partial charge is 0.354 e. The topological polar surface area (TPSA) is 76.0 Å². The minimum Gasteiger partial charge on any atom is -0.354 e. The van der Waals surface area contributed by atoms with Crippen molar-refractivity contribution in [3.8, 4) is 0 Å². The predicted molar refractivity (Wildman–Crippen MR) is 95.4 cm³/mol. The van der Waals surface area contributed by atoms with Crippen LogP contribution in [0.3, 0.4) is 0 Å². The number of nitrogens with zero attached hydrogens (tertiary/aromatic N) is 2. The van der Waals surface area contributed by atoms with Crippen LogP contribution >= 0.6 is 0 Å². The minimum atomic E-state index is -0.440. The van der Waals surface area contributed by atoms with Gasteiger partial charge in [0.25, 0.3) is 5.91 Å². The lowest BCUT2D eigenvalue weighted by Crippen LogP contribution is -2.45. The summed E-state index contributed by atoms with van der Waals surface area (Å²) in [5.74, 6) is -0.299. The van der Waals surface area contributed by atoms with Gasteiger partial charge >= 0.3 is 0 Å². The minimum absolute atomic E-state index is 0.0907. The Kier molecular flexibility index (Phi) is 5.16. The van der Waals surface area contributed by atoms with Crippen LogP contribution in [0.2, 0.25) is 0 Å². The number of rotatable bonds is 4. The van der Waals surface area contributed by atoms with Crippen LogP contribution < -0.4 is 10.6 Å². The number of nitrogens with one attached hydrogen (secondary N) is 2. The number of aryl methyl sites for hydroxylation is 2. The fraction of sp³-hybridized carbons (Fsp3) is 0.421. The number of carbonyl (C=O) groups excluding carboxylic acids is 2. The van der Waals surface area contributed by atoms with Crippen LogP contribution in [0.15, 0.2) is 30.3 Å². The lowest BCUT2D eigenvalue weighted by atomic mass is 10.1. The third-order valence-corrected chi connectivity index (χ3v) is 4.49. The van der Waals surface area contributed by atoms with Crippen LogP contribution in [0, 0.1) is 13.8 Å². The summed E-state index contributed by atoms with van der Waals surface area (Å²) in [5, 5.41) is 10.1. The van der Waals surface area contributed by atoms with Gasteiger partial charge in [0.2, 0.25) is 5.91 Å². The van der Waals surface area contributed by atoms with Crippen molar-refractivity contribution in [1.82, 2.24) is 20.4 Å². The second-order valence-corrected chi connectivity index (χ2v) is 6.59. The van der Waals surface area contributed by atoms with Gasteiger partial charge in [-0.2, -0.15) is 5.10 Å². The van der Waals surface area contributed by atoms with Crippen molar-refractivity contribution in [3.05, 3.63) is 52.8 Å². The zero-order chi connectivity index (χ0) is 17.8. The molecule has 1 atom stereocenters. The Morgan fingerprint density at radius 1 is 1.28 bits per heavy atom. The molecule has 2 heterocycles. The van der Waals surface area contributed by atoms with Gasteiger partial charge in [-0.3, -0.25) is 14.3 Å². The van der Waals surface area contributed by atoms with Crippen LogP contribution in [0.25, 0.3) is 0 Å². The number of benzene rings is 1. The van der Waals surface area contributed by atoms with Gasteiger partial charge in [0, 0.05) is 17.8 Å². The molecule has 2 amide bonds. The van der Waals surface area contributed by atoms with Gasteiger partial charge in [0.05, 0.1) is 12.2 Å². The van der Waals surface area contributed by atoms with E-state index in [4.69, 9.17) is 0 Å². The monoisotopic (exact) mass is 340 g/mol. The molecule has 0 spiro atoms. The van der Waals surface area contributed by atoms with Crippen molar-refractivity contribution in [2.45, 2.75) is 45.7 Å². The number of aromatic nitrogens is 2. The van der Waals surface area contributed by atoms with Gasteiger partial charge in [0.15, 0.2) is 0 Å². The molecular weight excluding hydrogens is 316 g/mol. The van der Waals surface area contributed by atoms with Crippen LogP contribution in [0.5, 0.6) is 0 Å². The fourth-order valence-corrected chi connectivity index (χ4v) is 3.09. The Morgan fingerprint density at radius 3 is 2.72 bits per heavy atom. The molecule has 1 aromatic carbocycles. The van der Waals surface area contributed by atoms with Crippen LogP contribution in [0.1, 0.15) is 46.6 Å². The van der Waals surface area contributed by atoms with Crippen LogP contribution in [0.4, 0.5) is 0 Å². The normalized spacial score (nSPS) is 17.7. The molecule has 6 heteroatoms. The first-order valence-electron chi connectivity index (χ1n) is 8.71. The predicted octanol–water partition coefficient (Wildman–Crippen LogP) is 1.95. The third-order valence-electron chi connectivity index (χ3n) is 4.49. The maximum Gasteiger partial charge on any atom is 0.251 e. The zero-order valence-electron chi connectivity index (χ0n) is 14.7. The van der Waals surface area contributed by atoms with Crippen LogP contribution in [-0.4, -0.2) is 34.2 Å². The lowest BCUT2D eigenvalue weighted by molar-refractivity contribution is -0.122. The highest BCUT2D eigenvalue weighted by atomic mass is 16.2. The lowest BCUT2D eigenvalue weighted by Gasteiger charge is -2.15. The molecule has 2 N–H and O–H groups in total. The first kappa shape index (κ1) is 17.2. The molecule has 1 aromatic heterocycles. The van der Waals surface area contributed by atoms with Gasteiger partial charge in [-0.05, 0) is 56.9 Å². The standard InChI is InChI=1S/C19H24N4O2/c1-13-11-14(2)23(22-13)12-15-6-8-16(9-7-15)18(24)21-17-5-3-4-10-20-19(17)25/h6-9,11,17H,3-5,10,12H2,1-2H3,(H,20,25)(H,21,24). The van der Waals surface area contributed by atoms with E-state index in [1.54, 1.807) is 12.1 Å². The summed E-state index contributed by atoms with van der Waals surface area (Å²) < 4.78 is 1.94. The molecule has 0 aliphatic carbocycles. The van der Waals surface area contributed by atoms with E-state index in [1.165, 1.54) is 0 Å². The van der Waals surface area contributed by atoms with E-state index < -0.39 is 6.04 Å². The first-order chi connectivity index (χ1) is 12.0. The van der Waals surface area contributed by atoms with E-state index in [0.717, 1.165) is 29.8 Å². The van der Waals surface area contributed by atoms with Crippen molar-refractivity contribution in [2.75, 3.05) is 6.54 Å². The molecule has 1 aliphatic rings. The van der Waals surface area contributed by atoms with E-state index >= 15 is 0 Å². The molecule has 1 aliphatic heterocycles. The molecule has 6 nitrogen and oxygen atoms in total. The summed E-state index contributed by atoms with van der Waals surface area (Å²) in [4.78, 5) is 24.3. The zero-order valence-corrected chi connectivity index (χ0v) is 14.7. The highest BCUT2D eigenvalue weighted by Gasteiger charge is 2.22. The molecule has 1 unspecified atom stereocenters. The molecule has 0 saturated carbocycles. The average molecular weight is 340 g/mol. The molecule has 25 heavy (non-hydrogen) atoms. The number of carbonyl (C=O) groups is 2. The first-order valence-corrected chi connectivity index (χ1v) is 8.71. The molecule has 0 bridgehead atoms. The summed E-state index contributed by atoms with van der Waals surface area (Å²) in [7, 11) is 0. The Labute approximate surface area is 147 Å². The van der Waals surface area contributed by atoms with Crippen molar-refractivity contribution in [1.29, 1.82) is 0 Å². The summed E-state index contributed by atoms with van der Waals surface area (Å²) in [6.45, 7) is 5.36. The summed E-state index contributed by atoms with van der Waals surface area (Å²) in [5.41, 5.74) is 3.75. The van der Waals surface area contributed by atoms with Gasteiger partial charge in [-0.1, -0.05) is 12.1 Å². The third kappa shape index (κ3) is 4.26. The molecule has 1 saturated heterocycles. The number of amides is 2. The molecule has 2 aromatic rings. The van der Waals surface area contributed by atoms with Gasteiger partial charge < -0.3 is 10.6 Å². The SMILES string of the molecule is Cc1cc(C)n(Cc2ccc(C(=O)NC3CCCCNC3=O)cc2)n1. The van der Waals surface area contributed by atoms with E-state index in [9.17, 15) is 9.59 Å². The van der Waals surface area contributed by atoms with Crippen molar-refractivity contribution in [2.24, 2.45) is 0 Å². The fourth-order valence-electron chi connectivity index (χ4n) is 3.09. The van der Waals surface area contributed by atoms with Gasteiger partial charge in [0.1, 0.15) is 6.04 Å². The van der Waals surface area contributed by atoms with Gasteiger partial charge in [-0.25, -0.2) is 0 Å².